The molecule has 0 aliphatic rings. The lowest BCUT2D eigenvalue weighted by Crippen LogP contribution is -2.44. The first kappa shape index (κ1) is 10.3. The van der Waals surface area contributed by atoms with E-state index in [9.17, 15) is 9.59 Å². The van der Waals surface area contributed by atoms with E-state index in [1.54, 1.807) is 32.3 Å². The van der Waals surface area contributed by atoms with Crippen molar-refractivity contribution in [1.29, 1.82) is 0 Å². The second-order valence-corrected chi connectivity index (χ2v) is 3.48. The number of hydrogen-bond acceptors (Lipinski definition) is 2. The van der Waals surface area contributed by atoms with Crippen LogP contribution in [0, 0.1) is 0 Å². The van der Waals surface area contributed by atoms with Gasteiger partial charge in [-0.15, -0.1) is 0 Å². The van der Waals surface area contributed by atoms with Crippen LogP contribution in [-0.2, 0) is 15.1 Å². The minimum absolute atomic E-state index is 0.685. The van der Waals surface area contributed by atoms with Gasteiger partial charge >= 0.3 is 11.9 Å². The van der Waals surface area contributed by atoms with Gasteiger partial charge in [0.2, 0.25) is 0 Å². The third-order valence-electron chi connectivity index (χ3n) is 1.94. The molecule has 5 nitrogen and oxygen atoms in total. The molecule has 1 amide bonds. The highest BCUT2D eigenvalue weighted by atomic mass is 16.4. The van der Waals surface area contributed by atoms with Gasteiger partial charge in [-0.3, -0.25) is 4.79 Å². The predicted molar refractivity (Wildman–Crippen MR) is 49.6 cm³/mol. The van der Waals surface area contributed by atoms with Gasteiger partial charge in [-0.25, -0.2) is 4.79 Å². The van der Waals surface area contributed by atoms with Crippen molar-refractivity contribution in [3.8, 4) is 0 Å². The fourth-order valence-corrected chi connectivity index (χ4v) is 1.12. The third kappa shape index (κ3) is 2.12. The van der Waals surface area contributed by atoms with Crippen LogP contribution in [0.3, 0.4) is 0 Å². The summed E-state index contributed by atoms with van der Waals surface area (Å²) in [5, 5.41) is 10.8. The van der Waals surface area contributed by atoms with Gasteiger partial charge in [-0.2, -0.15) is 0 Å². The maximum atomic E-state index is 10.9. The molecule has 14 heavy (non-hydrogen) atoms. The van der Waals surface area contributed by atoms with Gasteiger partial charge in [0.1, 0.15) is 0 Å². The summed E-state index contributed by atoms with van der Waals surface area (Å²) >= 11 is 0. The van der Waals surface area contributed by atoms with Crippen molar-refractivity contribution in [2.45, 2.75) is 19.4 Å². The molecule has 0 saturated heterocycles. The second kappa shape index (κ2) is 3.53. The molecule has 1 aromatic rings. The van der Waals surface area contributed by atoms with E-state index >= 15 is 0 Å². The first-order valence-corrected chi connectivity index (χ1v) is 4.12. The van der Waals surface area contributed by atoms with Crippen molar-refractivity contribution < 1.29 is 14.7 Å². The third-order valence-corrected chi connectivity index (χ3v) is 1.94. The summed E-state index contributed by atoms with van der Waals surface area (Å²) in [6.45, 7) is 3.47. The van der Waals surface area contributed by atoms with Crippen LogP contribution < -0.4 is 5.32 Å². The van der Waals surface area contributed by atoms with Crippen LogP contribution in [0.5, 0.6) is 0 Å². The van der Waals surface area contributed by atoms with Crippen molar-refractivity contribution in [3.63, 3.8) is 0 Å². The lowest BCUT2D eigenvalue weighted by molar-refractivity contribution is -0.151. The largest absolute Gasteiger partial charge is 0.474 e. The molecule has 76 valence electrons. The van der Waals surface area contributed by atoms with Crippen molar-refractivity contribution in [2.75, 3.05) is 0 Å². The molecule has 0 aliphatic heterocycles. The van der Waals surface area contributed by atoms with Crippen LogP contribution in [0.2, 0.25) is 0 Å². The van der Waals surface area contributed by atoms with Gasteiger partial charge in [0.05, 0.1) is 5.54 Å². The first-order chi connectivity index (χ1) is 6.43. The second-order valence-electron chi connectivity index (χ2n) is 3.48. The zero-order chi connectivity index (χ0) is 10.8. The number of aliphatic carboxylic acids is 1. The average Bonchev–Trinajstić information content (AvgIpc) is 2.54. The Bertz CT molecular complexity index is 341. The molecule has 1 heterocycles. The summed E-state index contributed by atoms with van der Waals surface area (Å²) in [6.07, 6.45) is 3.42. The fraction of sp³-hybridized carbons (Fsp3) is 0.333. The molecule has 0 aromatic carbocycles. The van der Waals surface area contributed by atoms with E-state index in [0.29, 0.717) is 0 Å². The molecule has 1 aromatic heterocycles. The van der Waals surface area contributed by atoms with E-state index in [4.69, 9.17) is 5.11 Å². The number of nitrogens with one attached hydrogen (secondary N) is 2. The number of carbonyl (C=O) groups excluding carboxylic acids is 1. The molecule has 0 aliphatic carbocycles. The zero-order valence-electron chi connectivity index (χ0n) is 8.00. The average molecular weight is 196 g/mol. The monoisotopic (exact) mass is 196 g/mol. The summed E-state index contributed by atoms with van der Waals surface area (Å²) in [4.78, 5) is 24.1. The van der Waals surface area contributed by atoms with E-state index < -0.39 is 17.4 Å². The van der Waals surface area contributed by atoms with E-state index in [2.05, 4.69) is 10.3 Å². The van der Waals surface area contributed by atoms with Crippen LogP contribution >= 0.6 is 0 Å². The molecule has 0 unspecified atom stereocenters. The molecular weight excluding hydrogens is 184 g/mol. The lowest BCUT2D eigenvalue weighted by atomic mass is 9.97. The van der Waals surface area contributed by atoms with E-state index in [-0.39, 0.29) is 0 Å². The molecule has 0 spiro atoms. The Labute approximate surface area is 81.1 Å². The van der Waals surface area contributed by atoms with Gasteiger partial charge in [-0.05, 0) is 25.5 Å². The molecule has 0 atom stereocenters. The minimum atomic E-state index is -1.48. The van der Waals surface area contributed by atoms with Crippen LogP contribution in [0.4, 0.5) is 0 Å². The molecule has 1 rings (SSSR count). The maximum absolute atomic E-state index is 10.9. The lowest BCUT2D eigenvalue weighted by Gasteiger charge is -2.24. The number of carboxylic acid groups (broad SMARTS) is 1. The number of carbonyl (C=O) groups is 2. The highest BCUT2D eigenvalue weighted by Crippen LogP contribution is 2.18. The Hall–Kier alpha value is -1.78. The SMILES string of the molecule is CC(C)(NC(=O)C(=O)O)c1cc[nH]c1. The van der Waals surface area contributed by atoms with Crippen molar-refractivity contribution in [2.24, 2.45) is 0 Å². The molecule has 0 bridgehead atoms. The summed E-state index contributed by atoms with van der Waals surface area (Å²) in [6, 6.07) is 1.78. The number of carboxylic acids is 1. The number of aromatic amines is 1. The van der Waals surface area contributed by atoms with Crippen molar-refractivity contribution in [3.05, 3.63) is 24.0 Å². The van der Waals surface area contributed by atoms with Gasteiger partial charge in [-0.1, -0.05) is 0 Å². The van der Waals surface area contributed by atoms with Crippen LogP contribution in [-0.4, -0.2) is 22.0 Å². The standard InChI is InChI=1S/C9H12N2O3/c1-9(2,6-3-4-10-5-6)11-7(12)8(13)14/h3-5,10H,1-2H3,(H,11,12)(H,13,14). The summed E-state index contributed by atoms with van der Waals surface area (Å²) in [5.41, 5.74) is 0.141. The maximum Gasteiger partial charge on any atom is 0.394 e. The van der Waals surface area contributed by atoms with Crippen LogP contribution in [0.25, 0.3) is 0 Å². The molecular formula is C9H12N2O3. The molecule has 0 saturated carbocycles. The Morgan fingerprint density at radius 3 is 2.57 bits per heavy atom. The summed E-state index contributed by atoms with van der Waals surface area (Å²) < 4.78 is 0. The van der Waals surface area contributed by atoms with Crippen LogP contribution in [0.1, 0.15) is 19.4 Å². The Kier molecular flexibility index (Phi) is 2.60. The number of aromatic nitrogens is 1. The van der Waals surface area contributed by atoms with Crippen LogP contribution in [0.15, 0.2) is 18.5 Å². The summed E-state index contributed by atoms with van der Waals surface area (Å²) in [5.74, 6) is -2.48. The molecule has 3 N–H and O–H groups in total. The Balaban J connectivity index is 2.77. The Morgan fingerprint density at radius 1 is 1.50 bits per heavy atom. The van der Waals surface area contributed by atoms with E-state index in [1.807, 2.05) is 0 Å². The normalized spacial score (nSPS) is 11.0. The topological polar surface area (TPSA) is 82.2 Å². The van der Waals surface area contributed by atoms with Crippen molar-refractivity contribution >= 4 is 11.9 Å². The van der Waals surface area contributed by atoms with E-state index in [0.717, 1.165) is 5.56 Å². The number of rotatable bonds is 2. The highest BCUT2D eigenvalue weighted by molar-refractivity contribution is 6.31. The number of hydrogen-bond donors (Lipinski definition) is 3. The molecule has 0 fully saturated rings. The minimum Gasteiger partial charge on any atom is -0.474 e. The summed E-state index contributed by atoms with van der Waals surface area (Å²) in [7, 11) is 0. The fourth-order valence-electron chi connectivity index (χ4n) is 1.12. The molecule has 5 heteroatoms. The number of H-pyrrole nitrogens is 1. The smallest absolute Gasteiger partial charge is 0.394 e. The zero-order valence-corrected chi connectivity index (χ0v) is 8.00. The van der Waals surface area contributed by atoms with Crippen molar-refractivity contribution in [1.82, 2.24) is 10.3 Å². The first-order valence-electron chi connectivity index (χ1n) is 4.12. The van der Waals surface area contributed by atoms with E-state index in [1.165, 1.54) is 0 Å². The predicted octanol–water partition coefficient (Wildman–Crippen LogP) is 0.451. The Morgan fingerprint density at radius 2 is 2.14 bits per heavy atom. The van der Waals surface area contributed by atoms with Gasteiger partial charge in [0.25, 0.3) is 0 Å². The number of amides is 1. The quantitative estimate of drug-likeness (QED) is 0.600. The van der Waals surface area contributed by atoms with Gasteiger partial charge in [0, 0.05) is 12.4 Å². The molecule has 0 radical (unpaired) electrons. The highest BCUT2D eigenvalue weighted by Gasteiger charge is 2.25. The van der Waals surface area contributed by atoms with Gasteiger partial charge < -0.3 is 15.4 Å². The van der Waals surface area contributed by atoms with Gasteiger partial charge in [0.15, 0.2) is 0 Å².